The molecule has 1 aromatic heterocycles. The molecule has 2 heterocycles. The maximum atomic E-state index is 11.7. The van der Waals surface area contributed by atoms with Crippen molar-refractivity contribution >= 4 is 17.8 Å². The number of alkyl halides is 6. The SMILES string of the molecule is CN(C)C(=O)COCC1CN(CC2CCCC2)Cc2ncn(C)c21.O=C(O)C(F)(F)F.O=C(O)C(F)(F)F. The van der Waals surface area contributed by atoms with Crippen molar-refractivity contribution in [3.8, 4) is 0 Å². The number of nitrogens with zero attached hydrogens (tertiary/aromatic N) is 4. The van der Waals surface area contributed by atoms with Crippen LogP contribution in [0.15, 0.2) is 6.33 Å². The first-order chi connectivity index (χ1) is 17.4. The molecule has 218 valence electrons. The van der Waals surface area contributed by atoms with E-state index in [9.17, 15) is 31.1 Å². The van der Waals surface area contributed by atoms with Gasteiger partial charge < -0.3 is 24.4 Å². The number of ether oxygens (including phenoxy) is 1. The molecule has 2 N–H and O–H groups in total. The van der Waals surface area contributed by atoms with E-state index in [2.05, 4.69) is 21.5 Å². The van der Waals surface area contributed by atoms with E-state index >= 15 is 0 Å². The molecule has 38 heavy (non-hydrogen) atoms. The van der Waals surface area contributed by atoms with Gasteiger partial charge in [0.05, 0.1) is 18.6 Å². The van der Waals surface area contributed by atoms with Crippen LogP contribution in [0.5, 0.6) is 0 Å². The Hall–Kier alpha value is -2.88. The standard InChI is InChI=1S/C18H30N4O2.2C2HF3O2/c1-20(2)17(23)12-24-11-15-9-22(8-14-6-4-5-7-14)10-16-18(15)21(3)13-19-16;2*3-2(4,5)1(6)7/h13-15H,4-12H2,1-3H3;2*(H,6,7). The zero-order valence-corrected chi connectivity index (χ0v) is 21.2. The summed E-state index contributed by atoms with van der Waals surface area (Å²) in [6, 6.07) is 0. The fraction of sp³-hybridized carbons (Fsp3) is 0.727. The Morgan fingerprint density at radius 3 is 2.00 bits per heavy atom. The van der Waals surface area contributed by atoms with Crippen LogP contribution in [0.4, 0.5) is 26.3 Å². The molecule has 10 nitrogen and oxygen atoms in total. The molecule has 1 aliphatic carbocycles. The second kappa shape index (κ2) is 14.3. The monoisotopic (exact) mass is 562 g/mol. The molecule has 1 saturated carbocycles. The smallest absolute Gasteiger partial charge is 0.475 e. The first-order valence-corrected chi connectivity index (χ1v) is 11.5. The van der Waals surface area contributed by atoms with Crippen molar-refractivity contribution < 1.29 is 55.7 Å². The summed E-state index contributed by atoms with van der Waals surface area (Å²) in [4.78, 5) is 38.2. The van der Waals surface area contributed by atoms with E-state index in [1.807, 2.05) is 6.33 Å². The number of hydrogen-bond acceptors (Lipinski definition) is 6. The predicted molar refractivity (Wildman–Crippen MR) is 120 cm³/mol. The van der Waals surface area contributed by atoms with Gasteiger partial charge in [-0.3, -0.25) is 9.69 Å². The molecule has 1 aromatic rings. The number of carboxylic acids is 2. The van der Waals surface area contributed by atoms with Gasteiger partial charge >= 0.3 is 24.3 Å². The molecule has 0 radical (unpaired) electrons. The number of carboxylic acid groups (broad SMARTS) is 2. The van der Waals surface area contributed by atoms with Crippen molar-refractivity contribution in [2.45, 2.75) is 50.5 Å². The molecule has 2 aliphatic rings. The van der Waals surface area contributed by atoms with Crippen molar-refractivity contribution in [3.63, 3.8) is 0 Å². The number of likely N-dealkylation sites (N-methyl/N-ethyl adjacent to an activating group) is 1. The molecule has 0 saturated heterocycles. The van der Waals surface area contributed by atoms with Crippen molar-refractivity contribution in [2.24, 2.45) is 13.0 Å². The lowest BCUT2D eigenvalue weighted by molar-refractivity contribution is -0.193. The van der Waals surface area contributed by atoms with Crippen molar-refractivity contribution in [2.75, 3.05) is 40.4 Å². The van der Waals surface area contributed by atoms with Gasteiger partial charge in [0.25, 0.3) is 0 Å². The molecule has 1 fully saturated rings. The quantitative estimate of drug-likeness (QED) is 0.508. The molecule has 16 heteroatoms. The van der Waals surface area contributed by atoms with Crippen LogP contribution in [-0.4, -0.2) is 100 Å². The number of halogens is 6. The van der Waals surface area contributed by atoms with Gasteiger partial charge in [0.1, 0.15) is 6.61 Å². The van der Waals surface area contributed by atoms with Gasteiger partial charge in [-0.25, -0.2) is 14.6 Å². The Labute approximate surface area is 215 Å². The van der Waals surface area contributed by atoms with E-state index < -0.39 is 24.3 Å². The van der Waals surface area contributed by atoms with Crippen LogP contribution in [0.1, 0.15) is 43.0 Å². The summed E-state index contributed by atoms with van der Waals surface area (Å²) in [6.07, 6.45) is -2.77. The van der Waals surface area contributed by atoms with Crippen LogP contribution in [0.2, 0.25) is 0 Å². The zero-order chi connectivity index (χ0) is 29.3. The second-order valence-electron chi connectivity index (χ2n) is 9.14. The minimum absolute atomic E-state index is 0.0128. The zero-order valence-electron chi connectivity index (χ0n) is 21.2. The number of hydrogen-bond donors (Lipinski definition) is 2. The first-order valence-electron chi connectivity index (χ1n) is 11.5. The molecule has 0 aromatic carbocycles. The number of aliphatic carboxylic acids is 2. The lowest BCUT2D eigenvalue weighted by Crippen LogP contribution is -2.39. The first kappa shape index (κ1) is 33.1. The number of aromatic nitrogens is 2. The lowest BCUT2D eigenvalue weighted by Gasteiger charge is -2.34. The number of rotatable bonds is 6. The highest BCUT2D eigenvalue weighted by Gasteiger charge is 2.39. The molecule has 0 spiro atoms. The third kappa shape index (κ3) is 11.2. The number of fused-ring (bicyclic) bond motifs is 1. The average molecular weight is 563 g/mol. The highest BCUT2D eigenvalue weighted by Crippen LogP contribution is 2.31. The summed E-state index contributed by atoms with van der Waals surface area (Å²) in [5.74, 6) is -4.37. The van der Waals surface area contributed by atoms with E-state index in [4.69, 9.17) is 24.5 Å². The topological polar surface area (TPSA) is 125 Å². The van der Waals surface area contributed by atoms with Crippen LogP contribution in [0.3, 0.4) is 0 Å². The van der Waals surface area contributed by atoms with Crippen molar-refractivity contribution in [1.29, 1.82) is 0 Å². The largest absolute Gasteiger partial charge is 0.490 e. The van der Waals surface area contributed by atoms with Gasteiger partial charge in [-0.15, -0.1) is 0 Å². The van der Waals surface area contributed by atoms with Crippen molar-refractivity contribution in [3.05, 3.63) is 17.7 Å². The van der Waals surface area contributed by atoms with Gasteiger partial charge in [0, 0.05) is 52.4 Å². The molecular formula is C22H32F6N4O6. The Morgan fingerprint density at radius 2 is 1.55 bits per heavy atom. The number of amides is 1. The summed E-state index contributed by atoms with van der Waals surface area (Å²) in [5, 5.41) is 14.2. The molecule has 1 atom stereocenters. The number of carbonyl (C=O) groups is 3. The number of imidazole rings is 1. The van der Waals surface area contributed by atoms with E-state index in [0.717, 1.165) is 19.0 Å². The van der Waals surface area contributed by atoms with Crippen LogP contribution in [0, 0.1) is 5.92 Å². The third-order valence-electron chi connectivity index (χ3n) is 5.82. The molecule has 3 rings (SSSR count). The molecule has 1 amide bonds. The lowest BCUT2D eigenvalue weighted by atomic mass is 9.97. The molecular weight excluding hydrogens is 530 g/mol. The van der Waals surface area contributed by atoms with E-state index in [-0.39, 0.29) is 18.4 Å². The van der Waals surface area contributed by atoms with E-state index in [0.29, 0.717) is 6.61 Å². The van der Waals surface area contributed by atoms with Gasteiger partial charge in [-0.2, -0.15) is 26.3 Å². The Kier molecular flexibility index (Phi) is 12.5. The fourth-order valence-electron chi connectivity index (χ4n) is 4.05. The van der Waals surface area contributed by atoms with E-state index in [1.165, 1.54) is 43.6 Å². The van der Waals surface area contributed by atoms with Gasteiger partial charge in [-0.05, 0) is 18.8 Å². The Bertz CT molecular complexity index is 904. The third-order valence-corrected chi connectivity index (χ3v) is 5.82. The normalized spacial score (nSPS) is 18.0. The highest BCUT2D eigenvalue weighted by atomic mass is 19.4. The average Bonchev–Trinajstić information content (AvgIpc) is 3.43. The predicted octanol–water partition coefficient (Wildman–Crippen LogP) is 2.88. The van der Waals surface area contributed by atoms with Gasteiger partial charge in [-0.1, -0.05) is 12.8 Å². The minimum atomic E-state index is -5.08. The van der Waals surface area contributed by atoms with Crippen LogP contribution in [-0.2, 0) is 32.7 Å². The summed E-state index contributed by atoms with van der Waals surface area (Å²) in [5.41, 5.74) is 2.45. The summed E-state index contributed by atoms with van der Waals surface area (Å²) in [6.45, 7) is 3.84. The summed E-state index contributed by atoms with van der Waals surface area (Å²) < 4.78 is 71.3. The van der Waals surface area contributed by atoms with Gasteiger partial charge in [0.15, 0.2) is 0 Å². The number of carbonyl (C=O) groups excluding carboxylic acids is 1. The van der Waals surface area contributed by atoms with Crippen LogP contribution in [0.25, 0.3) is 0 Å². The summed E-state index contributed by atoms with van der Waals surface area (Å²) in [7, 11) is 5.57. The second-order valence-corrected chi connectivity index (χ2v) is 9.14. The Morgan fingerprint density at radius 1 is 1.05 bits per heavy atom. The van der Waals surface area contributed by atoms with E-state index in [1.54, 1.807) is 19.0 Å². The fourth-order valence-corrected chi connectivity index (χ4v) is 4.05. The molecule has 1 aliphatic heterocycles. The molecule has 1 unspecified atom stereocenters. The minimum Gasteiger partial charge on any atom is -0.475 e. The van der Waals surface area contributed by atoms with Gasteiger partial charge in [0.2, 0.25) is 5.91 Å². The summed E-state index contributed by atoms with van der Waals surface area (Å²) >= 11 is 0. The maximum Gasteiger partial charge on any atom is 0.490 e. The number of aryl methyl sites for hydroxylation is 1. The highest BCUT2D eigenvalue weighted by molar-refractivity contribution is 5.76. The van der Waals surface area contributed by atoms with Crippen LogP contribution >= 0.6 is 0 Å². The maximum absolute atomic E-state index is 11.7. The van der Waals surface area contributed by atoms with Crippen LogP contribution < -0.4 is 0 Å². The Balaban J connectivity index is 0.000000426. The molecule has 0 bridgehead atoms. The van der Waals surface area contributed by atoms with Crippen molar-refractivity contribution in [1.82, 2.24) is 19.4 Å².